The van der Waals surface area contributed by atoms with Gasteiger partial charge in [-0.3, -0.25) is 0 Å². The van der Waals surface area contributed by atoms with Crippen molar-refractivity contribution in [3.05, 3.63) is 34.6 Å². The number of rotatable bonds is 6. The second-order valence-electron chi connectivity index (χ2n) is 3.86. The molecule has 1 rings (SSSR count). The van der Waals surface area contributed by atoms with Gasteiger partial charge in [-0.15, -0.1) is 0 Å². The molecule has 0 saturated heterocycles. The van der Waals surface area contributed by atoms with E-state index < -0.39 is 0 Å². The molecule has 0 radical (unpaired) electrons. The van der Waals surface area contributed by atoms with Gasteiger partial charge >= 0.3 is 0 Å². The van der Waals surface area contributed by atoms with E-state index in [-0.39, 0.29) is 23.7 Å². The average Bonchev–Trinajstić information content (AvgIpc) is 2.29. The normalized spacial score (nSPS) is 14.6. The van der Waals surface area contributed by atoms with Gasteiger partial charge in [-0.25, -0.2) is 4.39 Å². The zero-order chi connectivity index (χ0) is 12.8. The van der Waals surface area contributed by atoms with Crippen LogP contribution in [0.5, 0.6) is 0 Å². The third-order valence-electron chi connectivity index (χ3n) is 2.67. The van der Waals surface area contributed by atoms with Crippen LogP contribution in [0.3, 0.4) is 0 Å². The highest BCUT2D eigenvalue weighted by molar-refractivity contribution is 7.99. The zero-order valence-corrected chi connectivity index (χ0v) is 11.5. The van der Waals surface area contributed by atoms with Crippen molar-refractivity contribution in [3.63, 3.8) is 0 Å². The van der Waals surface area contributed by atoms with Gasteiger partial charge in [-0.1, -0.05) is 17.7 Å². The van der Waals surface area contributed by atoms with Crippen molar-refractivity contribution in [3.8, 4) is 0 Å². The highest BCUT2D eigenvalue weighted by Crippen LogP contribution is 2.15. The molecule has 0 fully saturated rings. The molecule has 0 saturated carbocycles. The molecule has 2 nitrogen and oxygen atoms in total. The van der Waals surface area contributed by atoms with E-state index in [9.17, 15) is 4.39 Å². The van der Waals surface area contributed by atoms with E-state index in [4.69, 9.17) is 16.7 Å². The minimum atomic E-state index is -0.304. The number of thioether (sulfide) groups is 1. The summed E-state index contributed by atoms with van der Waals surface area (Å²) in [5, 5.41) is 12.8. The van der Waals surface area contributed by atoms with Crippen LogP contribution in [0.25, 0.3) is 0 Å². The maximum Gasteiger partial charge on any atom is 0.129 e. The van der Waals surface area contributed by atoms with E-state index in [0.717, 1.165) is 0 Å². The Morgan fingerprint density at radius 1 is 1.53 bits per heavy atom. The van der Waals surface area contributed by atoms with Crippen LogP contribution in [0.2, 0.25) is 5.02 Å². The van der Waals surface area contributed by atoms with E-state index in [1.54, 1.807) is 23.9 Å². The monoisotopic (exact) mass is 277 g/mol. The second kappa shape index (κ2) is 7.21. The van der Waals surface area contributed by atoms with E-state index in [1.165, 1.54) is 6.07 Å². The van der Waals surface area contributed by atoms with Crippen LogP contribution in [0.15, 0.2) is 18.2 Å². The predicted octanol–water partition coefficient (Wildman–Crippen LogP) is 2.68. The number of benzene rings is 1. The average molecular weight is 278 g/mol. The minimum absolute atomic E-state index is 0.110. The number of nitrogens with one attached hydrogen (secondary N) is 1. The van der Waals surface area contributed by atoms with Crippen molar-refractivity contribution in [2.45, 2.75) is 24.8 Å². The first-order valence-electron chi connectivity index (χ1n) is 5.39. The number of hydrogen-bond donors (Lipinski definition) is 2. The summed E-state index contributed by atoms with van der Waals surface area (Å²) in [6, 6.07) is 4.76. The van der Waals surface area contributed by atoms with Crippen molar-refractivity contribution < 1.29 is 9.50 Å². The molecule has 2 atom stereocenters. The van der Waals surface area contributed by atoms with Gasteiger partial charge in [-0.05, 0) is 25.3 Å². The standard InChI is InChI=1S/C12H17ClFNOS/c1-8(12(7-16)17-2)15-6-9-3-4-10(13)5-11(9)14/h3-5,8,12,15-16H,6-7H2,1-2H3. The molecule has 0 aliphatic carbocycles. The topological polar surface area (TPSA) is 32.3 Å². The van der Waals surface area contributed by atoms with Crippen molar-refractivity contribution >= 4 is 23.4 Å². The highest BCUT2D eigenvalue weighted by Gasteiger charge is 2.15. The predicted molar refractivity (Wildman–Crippen MR) is 72.1 cm³/mol. The van der Waals surface area contributed by atoms with Gasteiger partial charge in [0, 0.05) is 28.4 Å². The first-order valence-corrected chi connectivity index (χ1v) is 7.06. The smallest absolute Gasteiger partial charge is 0.129 e. The summed E-state index contributed by atoms with van der Waals surface area (Å²) in [6.07, 6.45) is 1.95. The fourth-order valence-electron chi connectivity index (χ4n) is 1.50. The quantitative estimate of drug-likeness (QED) is 0.839. The summed E-state index contributed by atoms with van der Waals surface area (Å²) >= 11 is 7.27. The Balaban J connectivity index is 2.55. The van der Waals surface area contributed by atoms with E-state index in [2.05, 4.69) is 5.32 Å². The Morgan fingerprint density at radius 2 is 2.24 bits per heavy atom. The van der Waals surface area contributed by atoms with Crippen molar-refractivity contribution in [2.75, 3.05) is 12.9 Å². The van der Waals surface area contributed by atoms with Gasteiger partial charge in [-0.2, -0.15) is 11.8 Å². The van der Waals surface area contributed by atoms with Crippen LogP contribution < -0.4 is 5.32 Å². The summed E-state index contributed by atoms with van der Waals surface area (Å²) < 4.78 is 13.5. The van der Waals surface area contributed by atoms with Gasteiger partial charge in [0.25, 0.3) is 0 Å². The van der Waals surface area contributed by atoms with Crippen LogP contribution >= 0.6 is 23.4 Å². The van der Waals surface area contributed by atoms with Crippen LogP contribution in [0.1, 0.15) is 12.5 Å². The Hall–Kier alpha value is -0.290. The fourth-order valence-corrected chi connectivity index (χ4v) is 2.32. The van der Waals surface area contributed by atoms with E-state index in [1.807, 2.05) is 13.2 Å². The molecule has 2 N–H and O–H groups in total. The van der Waals surface area contributed by atoms with Gasteiger partial charge in [0.1, 0.15) is 5.82 Å². The van der Waals surface area contributed by atoms with Gasteiger partial charge in [0.05, 0.1) is 6.61 Å². The molecule has 17 heavy (non-hydrogen) atoms. The molecule has 0 aliphatic heterocycles. The first-order chi connectivity index (χ1) is 8.08. The Labute approximate surface area is 111 Å². The SMILES string of the molecule is CSC(CO)C(C)NCc1ccc(Cl)cc1F. The Kier molecular flexibility index (Phi) is 6.27. The minimum Gasteiger partial charge on any atom is -0.395 e. The molecule has 96 valence electrons. The van der Waals surface area contributed by atoms with E-state index in [0.29, 0.717) is 17.1 Å². The maximum atomic E-state index is 13.5. The summed E-state index contributed by atoms with van der Waals surface area (Å²) in [7, 11) is 0. The number of hydrogen-bond acceptors (Lipinski definition) is 3. The van der Waals surface area contributed by atoms with Gasteiger partial charge in [0.2, 0.25) is 0 Å². The fraction of sp³-hybridized carbons (Fsp3) is 0.500. The largest absolute Gasteiger partial charge is 0.395 e. The molecular weight excluding hydrogens is 261 g/mol. The summed E-state index contributed by atoms with van der Waals surface area (Å²) in [5.41, 5.74) is 0.582. The van der Waals surface area contributed by atoms with Crippen LogP contribution in [-0.4, -0.2) is 29.3 Å². The lowest BCUT2D eigenvalue weighted by Gasteiger charge is -2.21. The molecule has 2 unspecified atom stereocenters. The Bertz CT molecular complexity index is 360. The number of aliphatic hydroxyl groups is 1. The van der Waals surface area contributed by atoms with Crippen molar-refractivity contribution in [1.29, 1.82) is 0 Å². The molecular formula is C12H17ClFNOS. The first kappa shape index (κ1) is 14.8. The highest BCUT2D eigenvalue weighted by atomic mass is 35.5. The summed E-state index contributed by atoms with van der Waals surface area (Å²) in [6.45, 7) is 2.52. The van der Waals surface area contributed by atoms with Gasteiger partial charge < -0.3 is 10.4 Å². The molecule has 0 aromatic heterocycles. The molecule has 0 amide bonds. The lowest BCUT2D eigenvalue weighted by Crippen LogP contribution is -2.37. The Morgan fingerprint density at radius 3 is 2.76 bits per heavy atom. The molecule has 0 aliphatic rings. The van der Waals surface area contributed by atoms with Crippen LogP contribution in [0.4, 0.5) is 4.39 Å². The maximum absolute atomic E-state index is 13.5. The lowest BCUT2D eigenvalue weighted by molar-refractivity contribution is 0.275. The molecule has 1 aromatic rings. The molecule has 5 heteroatoms. The van der Waals surface area contributed by atoms with Crippen molar-refractivity contribution in [1.82, 2.24) is 5.32 Å². The van der Waals surface area contributed by atoms with E-state index >= 15 is 0 Å². The second-order valence-corrected chi connectivity index (χ2v) is 5.38. The number of halogens is 2. The molecule has 1 aromatic carbocycles. The lowest BCUT2D eigenvalue weighted by atomic mass is 10.2. The summed E-state index contributed by atoms with van der Waals surface area (Å²) in [4.78, 5) is 0. The van der Waals surface area contributed by atoms with Gasteiger partial charge in [0.15, 0.2) is 0 Å². The molecule has 0 bridgehead atoms. The van der Waals surface area contributed by atoms with Crippen LogP contribution in [0, 0.1) is 5.82 Å². The molecule has 0 spiro atoms. The third-order valence-corrected chi connectivity index (χ3v) is 4.07. The summed E-state index contributed by atoms with van der Waals surface area (Å²) in [5.74, 6) is -0.304. The van der Waals surface area contributed by atoms with Crippen LogP contribution in [-0.2, 0) is 6.54 Å². The molecule has 0 heterocycles. The third kappa shape index (κ3) is 4.47. The number of aliphatic hydroxyl groups excluding tert-OH is 1. The zero-order valence-electron chi connectivity index (χ0n) is 9.91. The van der Waals surface area contributed by atoms with Crippen molar-refractivity contribution in [2.24, 2.45) is 0 Å².